The Morgan fingerprint density at radius 1 is 1.21 bits per heavy atom. The van der Waals surface area contributed by atoms with Gasteiger partial charge in [0.05, 0.1) is 5.92 Å². The molecule has 1 aliphatic rings. The summed E-state index contributed by atoms with van der Waals surface area (Å²) in [6.07, 6.45) is 7.64. The lowest BCUT2D eigenvalue weighted by Crippen LogP contribution is -2.20. The van der Waals surface area contributed by atoms with Crippen LogP contribution in [0.1, 0.15) is 24.2 Å². The fraction of sp³-hybridized carbons (Fsp3) is 0.312. The summed E-state index contributed by atoms with van der Waals surface area (Å²) in [5, 5.41) is 0.438. The fourth-order valence-electron chi connectivity index (χ4n) is 2.00. The molecule has 0 aliphatic heterocycles. The van der Waals surface area contributed by atoms with E-state index in [-0.39, 0.29) is 11.7 Å². The van der Waals surface area contributed by atoms with Gasteiger partial charge < -0.3 is 0 Å². The average Bonchev–Trinajstić information content (AvgIpc) is 2.38. The minimum Gasteiger partial charge on any atom is -0.293 e. The van der Waals surface area contributed by atoms with Crippen LogP contribution in [-0.4, -0.2) is 15.2 Å². The normalized spacial score (nSPS) is 25.8. The molecule has 0 saturated heterocycles. The third kappa shape index (κ3) is 3.74. The number of thioether (sulfide) groups is 1. The summed E-state index contributed by atoms with van der Waals surface area (Å²) in [5.41, 5.74) is 0.736. The van der Waals surface area contributed by atoms with Gasteiger partial charge in [0.1, 0.15) is 4.21 Å². The van der Waals surface area contributed by atoms with Gasteiger partial charge in [-0.15, -0.1) is 11.8 Å². The maximum atomic E-state index is 12.3. The number of halogens is 1. The summed E-state index contributed by atoms with van der Waals surface area (Å²) < 4.78 is -0.512. The van der Waals surface area contributed by atoms with E-state index in [4.69, 9.17) is 11.6 Å². The number of allylic oxidation sites excluding steroid dienone is 2. The molecule has 0 aromatic heterocycles. The Morgan fingerprint density at radius 3 is 2.32 bits per heavy atom. The van der Waals surface area contributed by atoms with Crippen LogP contribution in [0.25, 0.3) is 0 Å². The van der Waals surface area contributed by atoms with Crippen molar-refractivity contribution in [1.29, 1.82) is 0 Å². The first-order valence-corrected chi connectivity index (χ1v) is 7.61. The van der Waals surface area contributed by atoms with Crippen LogP contribution in [0.2, 0.25) is 0 Å². The van der Waals surface area contributed by atoms with Gasteiger partial charge in [0.15, 0.2) is 5.78 Å². The first-order chi connectivity index (χ1) is 9.00. The van der Waals surface area contributed by atoms with E-state index in [0.717, 1.165) is 5.56 Å². The van der Waals surface area contributed by atoms with Gasteiger partial charge in [0.2, 0.25) is 0 Å². The summed E-state index contributed by atoms with van der Waals surface area (Å²) in [5.74, 6) is -0.0941. The van der Waals surface area contributed by atoms with E-state index in [0.29, 0.717) is 5.25 Å². The van der Waals surface area contributed by atoms with Crippen molar-refractivity contribution in [2.45, 2.75) is 23.3 Å². The lowest BCUT2D eigenvalue weighted by atomic mass is 9.93. The van der Waals surface area contributed by atoms with Gasteiger partial charge in [-0.05, 0) is 0 Å². The molecule has 0 radical (unpaired) electrons. The van der Waals surface area contributed by atoms with Crippen LogP contribution in [0, 0.1) is 5.92 Å². The number of carbonyl (C=O) groups is 1. The molecule has 1 aliphatic carbocycles. The quantitative estimate of drug-likeness (QED) is 0.455. The van der Waals surface area contributed by atoms with E-state index in [1.807, 2.05) is 54.6 Å². The van der Waals surface area contributed by atoms with Crippen LogP contribution in [0.5, 0.6) is 0 Å². The molecule has 0 atom stereocenters. The second-order valence-corrected chi connectivity index (χ2v) is 7.54. The molecule has 0 heterocycles. The lowest BCUT2D eigenvalue weighted by molar-refractivity contribution is 0.0964. The van der Waals surface area contributed by atoms with E-state index in [1.54, 1.807) is 11.8 Å². The number of alkyl halides is 1. The Kier molecular flexibility index (Phi) is 4.54. The van der Waals surface area contributed by atoms with Crippen molar-refractivity contribution in [3.63, 3.8) is 0 Å². The predicted octanol–water partition coefficient (Wildman–Crippen LogP) is 4.69. The van der Waals surface area contributed by atoms with E-state index in [9.17, 15) is 4.79 Å². The molecule has 0 N–H and O–H groups in total. The summed E-state index contributed by atoms with van der Waals surface area (Å²) in [6, 6.07) is 9.35. The molecule has 1 nitrogen and oxygen atoms in total. The topological polar surface area (TPSA) is 17.1 Å². The van der Waals surface area contributed by atoms with Crippen molar-refractivity contribution in [1.82, 2.24) is 0 Å². The third-order valence-electron chi connectivity index (χ3n) is 2.84. The van der Waals surface area contributed by atoms with Gasteiger partial charge in [-0.3, -0.25) is 4.79 Å². The molecule has 0 bridgehead atoms. The smallest absolute Gasteiger partial charge is 0.173 e. The van der Waals surface area contributed by atoms with Crippen molar-refractivity contribution in [3.8, 4) is 0 Å². The van der Waals surface area contributed by atoms with E-state index >= 15 is 0 Å². The number of rotatable bonds is 4. The molecule has 0 saturated carbocycles. The highest BCUT2D eigenvalue weighted by Gasteiger charge is 2.28. The van der Waals surface area contributed by atoms with Crippen LogP contribution >= 0.6 is 23.4 Å². The van der Waals surface area contributed by atoms with Crippen LogP contribution < -0.4 is 0 Å². The van der Waals surface area contributed by atoms with Gasteiger partial charge in [0.25, 0.3) is 0 Å². The highest BCUT2D eigenvalue weighted by molar-refractivity contribution is 8.02. The molecular formula is C16H17ClOS. The van der Waals surface area contributed by atoms with E-state index in [2.05, 4.69) is 13.8 Å². The predicted molar refractivity (Wildman–Crippen MR) is 83.9 cm³/mol. The molecule has 2 rings (SSSR count). The zero-order valence-corrected chi connectivity index (χ0v) is 12.6. The van der Waals surface area contributed by atoms with Crippen LogP contribution in [0.3, 0.4) is 0 Å². The molecule has 0 spiro atoms. The molecule has 3 heteroatoms. The van der Waals surface area contributed by atoms with Gasteiger partial charge in [-0.2, -0.15) is 0 Å². The Labute approximate surface area is 123 Å². The van der Waals surface area contributed by atoms with Gasteiger partial charge >= 0.3 is 0 Å². The molecule has 1 aromatic carbocycles. The van der Waals surface area contributed by atoms with Crippen molar-refractivity contribution in [3.05, 3.63) is 60.2 Å². The Balaban J connectivity index is 2.09. The SMILES string of the molecule is CC(C)SC1(Cl)C=CC(C(=O)c2ccccc2)C=C1. The van der Waals surface area contributed by atoms with Crippen LogP contribution in [-0.2, 0) is 0 Å². The summed E-state index contributed by atoms with van der Waals surface area (Å²) >= 11 is 8.13. The molecule has 0 fully saturated rings. The molecule has 0 unspecified atom stereocenters. The van der Waals surface area contributed by atoms with E-state index in [1.165, 1.54) is 0 Å². The molecule has 1 aromatic rings. The number of hydrogen-bond donors (Lipinski definition) is 0. The molecule has 19 heavy (non-hydrogen) atoms. The Hall–Kier alpha value is -0.990. The average molecular weight is 293 g/mol. The Morgan fingerprint density at radius 2 is 1.79 bits per heavy atom. The number of ketones is 1. The van der Waals surface area contributed by atoms with Crippen molar-refractivity contribution in [2.75, 3.05) is 0 Å². The van der Waals surface area contributed by atoms with Crippen molar-refractivity contribution in [2.24, 2.45) is 5.92 Å². The monoisotopic (exact) mass is 292 g/mol. The minimum atomic E-state index is -0.512. The summed E-state index contributed by atoms with van der Waals surface area (Å²) in [4.78, 5) is 12.3. The first kappa shape index (κ1) is 14.4. The standard InChI is InChI=1S/C16H17ClOS/c1-12(2)19-16(17)10-8-14(9-11-16)15(18)13-6-4-3-5-7-13/h3-12,14H,1-2H3. The molecule has 100 valence electrons. The highest BCUT2D eigenvalue weighted by Crippen LogP contribution is 2.39. The number of hydrogen-bond acceptors (Lipinski definition) is 2. The fourth-order valence-corrected chi connectivity index (χ4v) is 3.72. The summed E-state index contributed by atoms with van der Waals surface area (Å²) in [7, 11) is 0. The van der Waals surface area contributed by atoms with Gasteiger partial charge in [-0.1, -0.05) is 80.1 Å². The maximum absolute atomic E-state index is 12.3. The third-order valence-corrected chi connectivity index (χ3v) is 4.46. The summed E-state index contributed by atoms with van der Waals surface area (Å²) in [6.45, 7) is 4.22. The number of carbonyl (C=O) groups excluding carboxylic acids is 1. The van der Waals surface area contributed by atoms with Crippen molar-refractivity contribution >= 4 is 29.1 Å². The zero-order chi connectivity index (χ0) is 13.9. The zero-order valence-electron chi connectivity index (χ0n) is 11.0. The highest BCUT2D eigenvalue weighted by atomic mass is 35.5. The lowest BCUT2D eigenvalue weighted by Gasteiger charge is -2.25. The van der Waals surface area contributed by atoms with Gasteiger partial charge in [0, 0.05) is 10.8 Å². The largest absolute Gasteiger partial charge is 0.293 e. The molecule has 0 amide bonds. The molecular weight excluding hydrogens is 276 g/mol. The van der Waals surface area contributed by atoms with Crippen LogP contribution in [0.4, 0.5) is 0 Å². The second-order valence-electron chi connectivity index (χ2n) is 4.84. The van der Waals surface area contributed by atoms with E-state index < -0.39 is 4.21 Å². The number of Topliss-reactive ketones (excluding diaryl/α,β-unsaturated/α-hetero) is 1. The second kappa shape index (κ2) is 5.98. The van der Waals surface area contributed by atoms with Gasteiger partial charge in [-0.25, -0.2) is 0 Å². The minimum absolute atomic E-state index is 0.112. The number of benzene rings is 1. The Bertz CT molecular complexity index is 491. The van der Waals surface area contributed by atoms with Crippen LogP contribution in [0.15, 0.2) is 54.6 Å². The van der Waals surface area contributed by atoms with Crippen molar-refractivity contribution < 1.29 is 4.79 Å². The first-order valence-electron chi connectivity index (χ1n) is 6.35. The maximum Gasteiger partial charge on any atom is 0.173 e.